The normalized spacial score (nSPS) is 20.7. The van der Waals surface area contributed by atoms with Crippen molar-refractivity contribution in [3.63, 3.8) is 0 Å². The maximum atomic E-state index is 12.5. The van der Waals surface area contributed by atoms with Crippen molar-refractivity contribution in [3.05, 3.63) is 35.4 Å². The van der Waals surface area contributed by atoms with Crippen LogP contribution in [0.1, 0.15) is 33.6 Å². The first-order valence-corrected chi connectivity index (χ1v) is 7.37. The lowest BCUT2D eigenvalue weighted by atomic mass is 10.1. The number of methoxy groups -OCH3 is 1. The van der Waals surface area contributed by atoms with Crippen LogP contribution >= 0.6 is 0 Å². The second-order valence-corrected chi connectivity index (χ2v) is 5.58. The minimum Gasteiger partial charge on any atom is -0.383 e. The van der Waals surface area contributed by atoms with Gasteiger partial charge in [0, 0.05) is 13.7 Å². The van der Waals surface area contributed by atoms with Crippen LogP contribution in [0, 0.1) is 0 Å². The number of likely N-dealkylation sites (tertiary alicyclic amines) is 1. The number of hydrogen-bond donors (Lipinski definition) is 0. The summed E-state index contributed by atoms with van der Waals surface area (Å²) >= 11 is 0. The highest BCUT2D eigenvalue weighted by Gasteiger charge is 2.38. The fraction of sp³-hybridized carbons (Fsp3) is 0.438. The number of nitrogens with zero attached hydrogens (tertiary/aromatic N) is 2. The average molecular weight is 302 g/mol. The van der Waals surface area contributed by atoms with Crippen molar-refractivity contribution < 1.29 is 19.1 Å². The number of carbonyl (C=O) groups excluding carboxylic acids is 3. The molecular formula is C16H18N2O4. The summed E-state index contributed by atoms with van der Waals surface area (Å²) in [5, 5.41) is 0. The molecule has 0 aromatic heterocycles. The Morgan fingerprint density at radius 2 is 1.86 bits per heavy atom. The van der Waals surface area contributed by atoms with Gasteiger partial charge in [0.25, 0.3) is 11.8 Å². The number of ether oxygens (including phenoxy) is 1. The number of fused-ring (bicyclic) bond motifs is 1. The van der Waals surface area contributed by atoms with Gasteiger partial charge in [-0.2, -0.15) is 0 Å². The number of benzene rings is 1. The molecule has 0 radical (unpaired) electrons. The van der Waals surface area contributed by atoms with E-state index in [2.05, 4.69) is 0 Å². The fourth-order valence-electron chi connectivity index (χ4n) is 3.14. The third-order valence-electron chi connectivity index (χ3n) is 4.23. The van der Waals surface area contributed by atoms with E-state index >= 15 is 0 Å². The van der Waals surface area contributed by atoms with Crippen LogP contribution in [-0.2, 0) is 9.53 Å². The van der Waals surface area contributed by atoms with Gasteiger partial charge >= 0.3 is 0 Å². The summed E-state index contributed by atoms with van der Waals surface area (Å²) in [6.07, 6.45) is 1.81. The molecule has 3 rings (SSSR count). The van der Waals surface area contributed by atoms with Crippen molar-refractivity contribution in [1.82, 2.24) is 9.80 Å². The fourth-order valence-corrected chi connectivity index (χ4v) is 3.14. The van der Waals surface area contributed by atoms with Gasteiger partial charge < -0.3 is 9.64 Å². The molecule has 0 saturated carbocycles. The summed E-state index contributed by atoms with van der Waals surface area (Å²) in [4.78, 5) is 39.8. The Morgan fingerprint density at radius 3 is 2.45 bits per heavy atom. The lowest BCUT2D eigenvalue weighted by molar-refractivity contribution is -0.133. The van der Waals surface area contributed by atoms with E-state index in [0.717, 1.165) is 17.7 Å². The predicted octanol–water partition coefficient (Wildman–Crippen LogP) is 0.920. The number of amides is 3. The average Bonchev–Trinajstić information content (AvgIpc) is 3.07. The van der Waals surface area contributed by atoms with Crippen molar-refractivity contribution in [2.75, 3.05) is 26.8 Å². The lowest BCUT2D eigenvalue weighted by Crippen LogP contribution is -2.45. The third-order valence-corrected chi connectivity index (χ3v) is 4.23. The molecule has 1 unspecified atom stereocenters. The Morgan fingerprint density at radius 1 is 1.23 bits per heavy atom. The molecular weight excluding hydrogens is 284 g/mol. The smallest absolute Gasteiger partial charge is 0.262 e. The maximum Gasteiger partial charge on any atom is 0.262 e. The van der Waals surface area contributed by atoms with Crippen molar-refractivity contribution in [1.29, 1.82) is 0 Å². The van der Waals surface area contributed by atoms with Crippen LogP contribution in [0.4, 0.5) is 0 Å². The molecule has 6 heteroatoms. The molecule has 1 aromatic carbocycles. The molecule has 1 saturated heterocycles. The number of rotatable bonds is 4. The first-order chi connectivity index (χ1) is 10.6. The van der Waals surface area contributed by atoms with E-state index in [0.29, 0.717) is 24.3 Å². The molecule has 0 spiro atoms. The highest BCUT2D eigenvalue weighted by atomic mass is 16.5. The minimum absolute atomic E-state index is 0.0349. The highest BCUT2D eigenvalue weighted by molar-refractivity contribution is 6.22. The summed E-state index contributed by atoms with van der Waals surface area (Å²) < 4.78 is 5.13. The second kappa shape index (κ2) is 5.88. The van der Waals surface area contributed by atoms with Crippen molar-refractivity contribution >= 4 is 17.7 Å². The highest BCUT2D eigenvalue weighted by Crippen LogP contribution is 2.23. The summed E-state index contributed by atoms with van der Waals surface area (Å²) in [5.41, 5.74) is 0.741. The van der Waals surface area contributed by atoms with Crippen molar-refractivity contribution in [2.45, 2.75) is 18.9 Å². The molecule has 2 aliphatic heterocycles. The number of imide groups is 1. The van der Waals surface area contributed by atoms with E-state index in [1.54, 1.807) is 36.3 Å². The van der Waals surface area contributed by atoms with Gasteiger partial charge in [-0.05, 0) is 25.0 Å². The summed E-state index contributed by atoms with van der Waals surface area (Å²) in [6.45, 7) is 0.927. The molecule has 3 amide bonds. The van der Waals surface area contributed by atoms with E-state index < -0.39 is 11.8 Å². The van der Waals surface area contributed by atoms with Crippen molar-refractivity contribution in [3.8, 4) is 0 Å². The van der Waals surface area contributed by atoms with Gasteiger partial charge in [0.2, 0.25) is 5.91 Å². The first-order valence-electron chi connectivity index (χ1n) is 7.37. The lowest BCUT2D eigenvalue weighted by Gasteiger charge is -2.26. The largest absolute Gasteiger partial charge is 0.383 e. The summed E-state index contributed by atoms with van der Waals surface area (Å²) in [6, 6.07) is 6.69. The van der Waals surface area contributed by atoms with E-state index in [1.165, 1.54) is 0 Å². The molecule has 1 fully saturated rings. The second-order valence-electron chi connectivity index (χ2n) is 5.58. The summed E-state index contributed by atoms with van der Waals surface area (Å²) in [5.74, 6) is -0.984. The van der Waals surface area contributed by atoms with Gasteiger partial charge in [-0.15, -0.1) is 0 Å². The zero-order valence-electron chi connectivity index (χ0n) is 12.4. The maximum absolute atomic E-state index is 12.5. The summed E-state index contributed by atoms with van der Waals surface area (Å²) in [7, 11) is 1.60. The van der Waals surface area contributed by atoms with Gasteiger partial charge in [0.15, 0.2) is 0 Å². The molecule has 2 aliphatic rings. The Kier molecular flexibility index (Phi) is 3.94. The van der Waals surface area contributed by atoms with Crippen LogP contribution < -0.4 is 0 Å². The van der Waals surface area contributed by atoms with Crippen molar-refractivity contribution in [2.24, 2.45) is 0 Å². The molecule has 6 nitrogen and oxygen atoms in total. The molecule has 1 aromatic rings. The predicted molar refractivity (Wildman–Crippen MR) is 78.4 cm³/mol. The monoisotopic (exact) mass is 302 g/mol. The van der Waals surface area contributed by atoms with Crippen LogP contribution in [0.25, 0.3) is 0 Å². The van der Waals surface area contributed by atoms with Gasteiger partial charge in [-0.3, -0.25) is 19.3 Å². The number of carbonyl (C=O) groups is 3. The standard InChI is InChI=1S/C16H18N2O4/c1-22-10-11-5-4-8-17(11)14(19)9-18-15(20)12-6-2-3-7-13(12)16(18)21/h2-3,6-7,11H,4-5,8-10H2,1H3. The Balaban J connectivity index is 1.73. The van der Waals surface area contributed by atoms with Crippen LogP contribution in [0.5, 0.6) is 0 Å². The van der Waals surface area contributed by atoms with Gasteiger partial charge in [-0.25, -0.2) is 0 Å². The quantitative estimate of drug-likeness (QED) is 0.776. The molecule has 1 atom stereocenters. The van der Waals surface area contributed by atoms with Gasteiger partial charge in [-0.1, -0.05) is 12.1 Å². The molecule has 0 bridgehead atoms. The minimum atomic E-state index is -0.392. The van der Waals surface area contributed by atoms with Gasteiger partial charge in [0.05, 0.1) is 23.8 Å². The topological polar surface area (TPSA) is 66.9 Å². The molecule has 116 valence electrons. The molecule has 0 N–H and O–H groups in total. The van der Waals surface area contributed by atoms with Crippen LogP contribution in [0.15, 0.2) is 24.3 Å². The third kappa shape index (κ3) is 2.39. The van der Waals surface area contributed by atoms with Crippen LogP contribution in [-0.4, -0.2) is 60.4 Å². The SMILES string of the molecule is COCC1CCCN1C(=O)CN1C(=O)c2ccccc2C1=O. The zero-order valence-corrected chi connectivity index (χ0v) is 12.4. The Labute approximate surface area is 128 Å². The molecule has 22 heavy (non-hydrogen) atoms. The molecule has 0 aliphatic carbocycles. The van der Waals surface area contributed by atoms with Gasteiger partial charge in [0.1, 0.15) is 6.54 Å². The Bertz CT molecular complexity index is 593. The number of hydrogen-bond acceptors (Lipinski definition) is 4. The molecule has 2 heterocycles. The first kappa shape index (κ1) is 14.7. The van der Waals surface area contributed by atoms with Crippen LogP contribution in [0.3, 0.4) is 0 Å². The van der Waals surface area contributed by atoms with Crippen LogP contribution in [0.2, 0.25) is 0 Å². The van der Waals surface area contributed by atoms with E-state index in [1.807, 2.05) is 0 Å². The van der Waals surface area contributed by atoms with E-state index in [4.69, 9.17) is 4.74 Å². The Hall–Kier alpha value is -2.21. The van der Waals surface area contributed by atoms with E-state index in [-0.39, 0.29) is 18.5 Å². The van der Waals surface area contributed by atoms with E-state index in [9.17, 15) is 14.4 Å². The zero-order chi connectivity index (χ0) is 15.7.